The fourth-order valence-electron chi connectivity index (χ4n) is 2.11. The lowest BCUT2D eigenvalue weighted by atomic mass is 10.3. The molecule has 4 heteroatoms. The van der Waals surface area contributed by atoms with Gasteiger partial charge in [0.1, 0.15) is 18.0 Å². The molecule has 1 aromatic rings. The third-order valence-corrected chi connectivity index (χ3v) is 3.04. The van der Waals surface area contributed by atoms with E-state index in [1.807, 2.05) is 0 Å². The van der Waals surface area contributed by atoms with Gasteiger partial charge in [-0.15, -0.1) is 0 Å². The van der Waals surface area contributed by atoms with Crippen molar-refractivity contribution in [3.63, 3.8) is 0 Å². The molecule has 0 aliphatic heterocycles. The number of hydrogen-bond acceptors (Lipinski definition) is 4. The van der Waals surface area contributed by atoms with Crippen LogP contribution in [0.15, 0.2) is 12.4 Å². The van der Waals surface area contributed by atoms with E-state index in [9.17, 15) is 0 Å². The van der Waals surface area contributed by atoms with E-state index < -0.39 is 0 Å². The van der Waals surface area contributed by atoms with Gasteiger partial charge in [0.15, 0.2) is 0 Å². The largest absolute Gasteiger partial charge is 0.357 e. The second kappa shape index (κ2) is 7.90. The Morgan fingerprint density at radius 3 is 1.78 bits per heavy atom. The van der Waals surface area contributed by atoms with Crippen molar-refractivity contribution in [1.29, 1.82) is 0 Å². The average Bonchev–Trinajstić information content (AvgIpc) is 2.40. The van der Waals surface area contributed by atoms with Gasteiger partial charge in [-0.3, -0.25) is 0 Å². The van der Waals surface area contributed by atoms with E-state index in [2.05, 4.69) is 53.5 Å². The van der Waals surface area contributed by atoms with Crippen LogP contribution >= 0.6 is 0 Å². The van der Waals surface area contributed by atoms with Crippen LogP contribution in [0.2, 0.25) is 0 Å². The van der Waals surface area contributed by atoms with Crippen molar-refractivity contribution < 1.29 is 0 Å². The van der Waals surface area contributed by atoms with Crippen LogP contribution in [-0.2, 0) is 0 Å². The summed E-state index contributed by atoms with van der Waals surface area (Å²) in [6.07, 6.45) is 3.97. The van der Waals surface area contributed by atoms with E-state index in [0.717, 1.165) is 50.7 Å². The molecule has 0 N–H and O–H groups in total. The quantitative estimate of drug-likeness (QED) is 0.710. The summed E-state index contributed by atoms with van der Waals surface area (Å²) in [5, 5.41) is 0. The van der Waals surface area contributed by atoms with Gasteiger partial charge in [-0.1, -0.05) is 13.8 Å². The molecule has 0 aliphatic carbocycles. The van der Waals surface area contributed by atoms with Crippen molar-refractivity contribution in [2.75, 3.05) is 36.0 Å². The van der Waals surface area contributed by atoms with Crippen molar-refractivity contribution in [3.8, 4) is 0 Å². The average molecular weight is 250 g/mol. The minimum Gasteiger partial charge on any atom is -0.357 e. The second-order valence-electron chi connectivity index (χ2n) is 4.39. The lowest BCUT2D eigenvalue weighted by Crippen LogP contribution is -2.27. The molecular weight excluding hydrogens is 224 g/mol. The zero-order valence-corrected chi connectivity index (χ0v) is 12.2. The molecule has 4 nitrogen and oxygen atoms in total. The van der Waals surface area contributed by atoms with Crippen LogP contribution in [-0.4, -0.2) is 36.1 Å². The normalized spacial score (nSPS) is 10.4. The summed E-state index contributed by atoms with van der Waals surface area (Å²) < 4.78 is 0. The number of aromatic nitrogens is 2. The minimum absolute atomic E-state index is 0.981. The molecule has 1 heterocycles. The molecular formula is C14H26N4. The Morgan fingerprint density at radius 2 is 1.33 bits per heavy atom. The Morgan fingerprint density at radius 1 is 0.833 bits per heavy atom. The minimum atomic E-state index is 0.981. The maximum Gasteiger partial charge on any atom is 0.134 e. The first-order chi connectivity index (χ1) is 8.76. The first kappa shape index (κ1) is 14.7. The molecule has 0 saturated heterocycles. The van der Waals surface area contributed by atoms with Crippen molar-refractivity contribution in [2.24, 2.45) is 0 Å². The number of rotatable bonds is 8. The molecule has 0 unspecified atom stereocenters. The second-order valence-corrected chi connectivity index (χ2v) is 4.39. The Kier molecular flexibility index (Phi) is 6.47. The summed E-state index contributed by atoms with van der Waals surface area (Å²) in [5.41, 5.74) is 0. The maximum atomic E-state index is 4.42. The molecule has 1 aromatic heterocycles. The Balaban J connectivity index is 2.90. The highest BCUT2D eigenvalue weighted by molar-refractivity contribution is 5.49. The molecule has 0 aliphatic rings. The molecule has 0 spiro atoms. The zero-order valence-electron chi connectivity index (χ0n) is 12.2. The predicted octanol–water partition coefficient (Wildman–Crippen LogP) is 2.95. The molecule has 0 bridgehead atoms. The van der Waals surface area contributed by atoms with Gasteiger partial charge in [-0.25, -0.2) is 9.97 Å². The van der Waals surface area contributed by atoms with Gasteiger partial charge in [0, 0.05) is 32.2 Å². The van der Waals surface area contributed by atoms with Crippen LogP contribution in [0.1, 0.15) is 40.5 Å². The summed E-state index contributed by atoms with van der Waals surface area (Å²) >= 11 is 0. The Bertz CT molecular complexity index is 330. The number of anilines is 2. The summed E-state index contributed by atoms with van der Waals surface area (Å²) in [6, 6.07) is 2.11. The van der Waals surface area contributed by atoms with Gasteiger partial charge >= 0.3 is 0 Å². The van der Waals surface area contributed by atoms with Gasteiger partial charge in [-0.2, -0.15) is 0 Å². The molecule has 0 radical (unpaired) electrons. The first-order valence-corrected chi connectivity index (χ1v) is 7.08. The van der Waals surface area contributed by atoms with E-state index in [4.69, 9.17) is 0 Å². The van der Waals surface area contributed by atoms with Crippen LogP contribution in [0.4, 0.5) is 11.6 Å². The van der Waals surface area contributed by atoms with Gasteiger partial charge in [0.2, 0.25) is 0 Å². The van der Waals surface area contributed by atoms with Crippen molar-refractivity contribution in [2.45, 2.75) is 40.5 Å². The van der Waals surface area contributed by atoms with Crippen LogP contribution in [0.25, 0.3) is 0 Å². The molecule has 0 saturated carbocycles. The van der Waals surface area contributed by atoms with Crippen LogP contribution in [0, 0.1) is 0 Å². The van der Waals surface area contributed by atoms with Gasteiger partial charge in [-0.05, 0) is 26.7 Å². The topological polar surface area (TPSA) is 32.3 Å². The summed E-state index contributed by atoms with van der Waals surface area (Å²) in [5.74, 6) is 2.08. The van der Waals surface area contributed by atoms with Crippen LogP contribution in [0.3, 0.4) is 0 Å². The predicted molar refractivity (Wildman–Crippen MR) is 78.4 cm³/mol. The monoisotopic (exact) mass is 250 g/mol. The van der Waals surface area contributed by atoms with E-state index in [1.54, 1.807) is 6.33 Å². The summed E-state index contributed by atoms with van der Waals surface area (Å²) in [6.45, 7) is 12.8. The summed E-state index contributed by atoms with van der Waals surface area (Å²) in [7, 11) is 0. The highest BCUT2D eigenvalue weighted by atomic mass is 15.2. The molecule has 0 aromatic carbocycles. The van der Waals surface area contributed by atoms with Crippen molar-refractivity contribution >= 4 is 11.6 Å². The Hall–Kier alpha value is -1.32. The Labute approximate surface area is 111 Å². The third-order valence-electron chi connectivity index (χ3n) is 3.04. The van der Waals surface area contributed by atoms with Crippen molar-refractivity contribution in [1.82, 2.24) is 9.97 Å². The molecule has 0 amide bonds. The third kappa shape index (κ3) is 3.86. The zero-order chi connectivity index (χ0) is 13.4. The molecule has 102 valence electrons. The van der Waals surface area contributed by atoms with Gasteiger partial charge in [0.25, 0.3) is 0 Å². The van der Waals surface area contributed by atoms with E-state index in [-0.39, 0.29) is 0 Å². The van der Waals surface area contributed by atoms with E-state index in [0.29, 0.717) is 0 Å². The van der Waals surface area contributed by atoms with E-state index >= 15 is 0 Å². The fraction of sp³-hybridized carbons (Fsp3) is 0.714. The molecule has 0 atom stereocenters. The molecule has 1 rings (SSSR count). The van der Waals surface area contributed by atoms with Crippen molar-refractivity contribution in [3.05, 3.63) is 12.4 Å². The summed E-state index contributed by atoms with van der Waals surface area (Å²) in [4.78, 5) is 13.4. The number of nitrogens with zero attached hydrogens (tertiary/aromatic N) is 4. The first-order valence-electron chi connectivity index (χ1n) is 7.08. The lowest BCUT2D eigenvalue weighted by Gasteiger charge is -2.25. The lowest BCUT2D eigenvalue weighted by molar-refractivity contribution is 0.730. The van der Waals surface area contributed by atoms with Gasteiger partial charge < -0.3 is 9.80 Å². The van der Waals surface area contributed by atoms with Gasteiger partial charge in [0.05, 0.1) is 0 Å². The standard InChI is InChI=1S/C14H26N4/c1-5-9-18(10-6-2)14-11-13(15-12-16-14)17(7-3)8-4/h11-12H,5-10H2,1-4H3. The molecule has 18 heavy (non-hydrogen) atoms. The molecule has 0 fully saturated rings. The fourth-order valence-corrected chi connectivity index (χ4v) is 2.11. The number of hydrogen-bond donors (Lipinski definition) is 0. The maximum absolute atomic E-state index is 4.42. The van der Waals surface area contributed by atoms with Crippen LogP contribution in [0.5, 0.6) is 0 Å². The highest BCUT2D eigenvalue weighted by Gasteiger charge is 2.09. The highest BCUT2D eigenvalue weighted by Crippen LogP contribution is 2.17. The van der Waals surface area contributed by atoms with E-state index in [1.165, 1.54) is 0 Å². The SMILES string of the molecule is CCCN(CCC)c1cc(N(CC)CC)ncn1. The van der Waals surface area contributed by atoms with Crippen LogP contribution < -0.4 is 9.80 Å². The smallest absolute Gasteiger partial charge is 0.134 e.